The van der Waals surface area contributed by atoms with E-state index in [0.29, 0.717) is 17.7 Å². The summed E-state index contributed by atoms with van der Waals surface area (Å²) in [6.45, 7) is 10.7. The van der Waals surface area contributed by atoms with E-state index in [1.54, 1.807) is 14.2 Å². The summed E-state index contributed by atoms with van der Waals surface area (Å²) < 4.78 is 5.37. The number of para-hydroxylation sites is 1. The van der Waals surface area contributed by atoms with Gasteiger partial charge >= 0.3 is 0 Å². The largest absolute Gasteiger partial charge is 0.496 e. The molecule has 136 valence electrons. The molecule has 0 unspecified atom stereocenters. The van der Waals surface area contributed by atoms with Crippen molar-refractivity contribution in [1.29, 1.82) is 0 Å². The second-order valence-corrected chi connectivity index (χ2v) is 7.38. The van der Waals surface area contributed by atoms with Crippen LogP contribution in [-0.4, -0.2) is 29.8 Å². The van der Waals surface area contributed by atoms with Crippen molar-refractivity contribution in [2.75, 3.05) is 19.9 Å². The zero-order valence-electron chi connectivity index (χ0n) is 16.4. The standard InChI is InChI=1S/C15H18N4O.C5H12/c1-10-14(15(16)19-9-18-10)12(17-2)8-11-6-4-5-7-13(11)20-3;1-5(2,3)4/h4-7,9H,8H2,1-3H3,(H2,16,18,19);1-4H3. The molecule has 0 bridgehead atoms. The number of nitrogens with two attached hydrogens (primary N) is 1. The first kappa shape index (κ1) is 20.6. The molecule has 0 atom stereocenters. The van der Waals surface area contributed by atoms with Crippen LogP contribution < -0.4 is 10.5 Å². The lowest BCUT2D eigenvalue weighted by molar-refractivity contribution is 0.411. The average Bonchev–Trinajstić information content (AvgIpc) is 2.52. The fraction of sp³-hybridized carbons (Fsp3) is 0.450. The molecule has 0 radical (unpaired) electrons. The Morgan fingerprint density at radius 1 is 1.16 bits per heavy atom. The van der Waals surface area contributed by atoms with Gasteiger partial charge in [0, 0.05) is 19.0 Å². The number of anilines is 1. The molecule has 0 saturated carbocycles. The predicted octanol–water partition coefficient (Wildman–Crippen LogP) is 4.09. The first-order valence-corrected chi connectivity index (χ1v) is 8.32. The van der Waals surface area contributed by atoms with Crippen LogP contribution in [0, 0.1) is 12.3 Å². The molecule has 1 aromatic heterocycles. The monoisotopic (exact) mass is 342 g/mol. The molecular weight excluding hydrogens is 312 g/mol. The van der Waals surface area contributed by atoms with Crippen LogP contribution in [0.2, 0.25) is 0 Å². The van der Waals surface area contributed by atoms with Crippen LogP contribution in [0.15, 0.2) is 35.6 Å². The molecule has 0 fully saturated rings. The number of hydrogen-bond acceptors (Lipinski definition) is 5. The number of aromatic nitrogens is 2. The molecule has 0 aliphatic heterocycles. The lowest BCUT2D eigenvalue weighted by Crippen LogP contribution is -2.13. The van der Waals surface area contributed by atoms with Gasteiger partial charge in [0.1, 0.15) is 17.9 Å². The van der Waals surface area contributed by atoms with Gasteiger partial charge in [-0.1, -0.05) is 45.9 Å². The molecule has 1 aromatic carbocycles. The lowest BCUT2D eigenvalue weighted by atomic mass is 10.0. The molecule has 2 aromatic rings. The van der Waals surface area contributed by atoms with E-state index in [2.05, 4.69) is 42.7 Å². The Balaban J connectivity index is 0.000000550. The van der Waals surface area contributed by atoms with E-state index >= 15 is 0 Å². The van der Waals surface area contributed by atoms with Crippen LogP contribution in [0.1, 0.15) is 44.5 Å². The van der Waals surface area contributed by atoms with Crippen molar-refractivity contribution in [2.45, 2.75) is 41.0 Å². The maximum Gasteiger partial charge on any atom is 0.136 e. The molecule has 0 spiro atoms. The van der Waals surface area contributed by atoms with Gasteiger partial charge in [-0.15, -0.1) is 0 Å². The topological polar surface area (TPSA) is 73.4 Å². The van der Waals surface area contributed by atoms with Crippen molar-refractivity contribution in [3.63, 3.8) is 0 Å². The Bertz CT molecular complexity index is 692. The quantitative estimate of drug-likeness (QED) is 0.849. The number of aryl methyl sites for hydroxylation is 1. The van der Waals surface area contributed by atoms with Gasteiger partial charge in [-0.05, 0) is 18.4 Å². The van der Waals surface area contributed by atoms with Gasteiger partial charge in [-0.3, -0.25) is 4.99 Å². The minimum atomic E-state index is 0.452. The summed E-state index contributed by atoms with van der Waals surface area (Å²) in [6, 6.07) is 7.86. The van der Waals surface area contributed by atoms with E-state index < -0.39 is 0 Å². The van der Waals surface area contributed by atoms with E-state index in [1.807, 2.05) is 31.2 Å². The van der Waals surface area contributed by atoms with E-state index in [1.165, 1.54) is 6.33 Å². The van der Waals surface area contributed by atoms with Crippen LogP contribution in [-0.2, 0) is 6.42 Å². The summed E-state index contributed by atoms with van der Waals surface area (Å²) in [5.41, 5.74) is 10.00. The normalized spacial score (nSPS) is 11.6. The number of ether oxygens (including phenoxy) is 1. The second-order valence-electron chi connectivity index (χ2n) is 7.38. The zero-order chi connectivity index (χ0) is 19.0. The maximum atomic E-state index is 5.96. The highest BCUT2D eigenvalue weighted by Crippen LogP contribution is 2.22. The SMILES string of the molecule is CC(C)(C)C.CN=C(Cc1ccccc1OC)c1c(C)ncnc1N. The molecule has 0 amide bonds. The van der Waals surface area contributed by atoms with Gasteiger partial charge in [0.15, 0.2) is 0 Å². The van der Waals surface area contributed by atoms with Crippen molar-refractivity contribution in [2.24, 2.45) is 10.4 Å². The van der Waals surface area contributed by atoms with Crippen LogP contribution in [0.25, 0.3) is 0 Å². The third-order valence-corrected chi connectivity index (χ3v) is 3.18. The van der Waals surface area contributed by atoms with Gasteiger partial charge in [0.25, 0.3) is 0 Å². The molecular formula is C20H30N4O. The van der Waals surface area contributed by atoms with E-state index in [0.717, 1.165) is 28.3 Å². The van der Waals surface area contributed by atoms with Crippen molar-refractivity contribution >= 4 is 11.5 Å². The molecule has 5 heteroatoms. The number of hydrogen-bond donors (Lipinski definition) is 1. The first-order valence-electron chi connectivity index (χ1n) is 8.32. The third kappa shape index (κ3) is 6.91. The molecule has 5 nitrogen and oxygen atoms in total. The molecule has 1 heterocycles. The molecule has 0 aliphatic rings. The number of aliphatic imine (C=N–C) groups is 1. The van der Waals surface area contributed by atoms with E-state index in [4.69, 9.17) is 10.5 Å². The fourth-order valence-electron chi connectivity index (χ4n) is 2.16. The van der Waals surface area contributed by atoms with Crippen LogP contribution in [0.5, 0.6) is 5.75 Å². The van der Waals surface area contributed by atoms with Crippen LogP contribution in [0.3, 0.4) is 0 Å². The minimum absolute atomic E-state index is 0.452. The fourth-order valence-corrected chi connectivity index (χ4v) is 2.16. The summed E-state index contributed by atoms with van der Waals surface area (Å²) in [5, 5.41) is 0. The predicted molar refractivity (Wildman–Crippen MR) is 105 cm³/mol. The summed E-state index contributed by atoms with van der Waals surface area (Å²) in [7, 11) is 3.41. The Labute approximate surface area is 151 Å². The number of rotatable bonds is 4. The van der Waals surface area contributed by atoms with Gasteiger partial charge in [-0.2, -0.15) is 0 Å². The van der Waals surface area contributed by atoms with E-state index in [9.17, 15) is 0 Å². The molecule has 2 N–H and O–H groups in total. The summed E-state index contributed by atoms with van der Waals surface area (Å²) in [5.74, 6) is 1.29. The number of nitrogen functional groups attached to an aromatic ring is 1. The van der Waals surface area contributed by atoms with Crippen molar-refractivity contribution in [3.8, 4) is 5.75 Å². The molecule has 0 aliphatic carbocycles. The average molecular weight is 342 g/mol. The summed E-state index contributed by atoms with van der Waals surface area (Å²) in [6.07, 6.45) is 2.09. The van der Waals surface area contributed by atoms with Crippen LogP contribution >= 0.6 is 0 Å². The lowest BCUT2D eigenvalue weighted by Gasteiger charge is -2.12. The van der Waals surface area contributed by atoms with Gasteiger partial charge < -0.3 is 10.5 Å². The van der Waals surface area contributed by atoms with Crippen molar-refractivity contribution in [3.05, 3.63) is 47.4 Å². The van der Waals surface area contributed by atoms with Crippen LogP contribution in [0.4, 0.5) is 5.82 Å². The number of benzene rings is 1. The van der Waals surface area contributed by atoms with Gasteiger partial charge in [-0.25, -0.2) is 9.97 Å². The third-order valence-electron chi connectivity index (χ3n) is 3.18. The Kier molecular flexibility index (Phi) is 7.55. The molecule has 2 rings (SSSR count). The highest BCUT2D eigenvalue weighted by atomic mass is 16.5. The Morgan fingerprint density at radius 2 is 1.76 bits per heavy atom. The smallest absolute Gasteiger partial charge is 0.136 e. The Morgan fingerprint density at radius 3 is 2.28 bits per heavy atom. The highest BCUT2D eigenvalue weighted by Gasteiger charge is 2.14. The molecule has 25 heavy (non-hydrogen) atoms. The number of nitrogens with zero attached hydrogens (tertiary/aromatic N) is 3. The summed E-state index contributed by atoms with van der Waals surface area (Å²) >= 11 is 0. The van der Waals surface area contributed by atoms with Crippen molar-refractivity contribution < 1.29 is 4.74 Å². The van der Waals surface area contributed by atoms with Crippen molar-refractivity contribution in [1.82, 2.24) is 9.97 Å². The Hall–Kier alpha value is -2.43. The second kappa shape index (κ2) is 9.16. The molecule has 0 saturated heterocycles. The zero-order valence-corrected chi connectivity index (χ0v) is 16.4. The van der Waals surface area contributed by atoms with Gasteiger partial charge in [0.2, 0.25) is 0 Å². The minimum Gasteiger partial charge on any atom is -0.496 e. The van der Waals surface area contributed by atoms with Gasteiger partial charge in [0.05, 0.1) is 24.1 Å². The maximum absolute atomic E-state index is 5.96. The van der Waals surface area contributed by atoms with E-state index in [-0.39, 0.29) is 0 Å². The highest BCUT2D eigenvalue weighted by molar-refractivity contribution is 6.06. The first-order chi connectivity index (χ1) is 11.7. The summed E-state index contributed by atoms with van der Waals surface area (Å²) in [4.78, 5) is 12.6. The number of methoxy groups -OCH3 is 1.